The molecule has 20 heavy (non-hydrogen) atoms. The van der Waals surface area contributed by atoms with Crippen LogP contribution in [0.2, 0.25) is 0 Å². The van der Waals surface area contributed by atoms with Crippen LogP contribution in [-0.4, -0.2) is 29.1 Å². The van der Waals surface area contributed by atoms with E-state index >= 15 is 0 Å². The van der Waals surface area contributed by atoms with Gasteiger partial charge in [-0.2, -0.15) is 0 Å². The van der Waals surface area contributed by atoms with Gasteiger partial charge in [-0.15, -0.1) is 11.8 Å². The van der Waals surface area contributed by atoms with E-state index in [4.69, 9.17) is 5.73 Å². The van der Waals surface area contributed by atoms with E-state index in [1.165, 1.54) is 36.7 Å². The Bertz CT molecular complexity index is 473. The highest BCUT2D eigenvalue weighted by atomic mass is 32.2. The molecule has 1 aromatic carbocycles. The number of thioether (sulfide) groups is 1. The van der Waals surface area contributed by atoms with Gasteiger partial charge in [0.2, 0.25) is 5.91 Å². The third-order valence-electron chi connectivity index (χ3n) is 3.54. The summed E-state index contributed by atoms with van der Waals surface area (Å²) < 4.78 is 13.0. The average molecular weight is 296 g/mol. The highest BCUT2D eigenvalue weighted by Gasteiger charge is 2.22. The van der Waals surface area contributed by atoms with Gasteiger partial charge in [-0.05, 0) is 38.0 Å². The fourth-order valence-corrected chi connectivity index (χ4v) is 3.39. The number of nitrogens with zero attached hydrogens (tertiary/aromatic N) is 1. The lowest BCUT2D eigenvalue weighted by atomic mass is 10.2. The molecule has 1 unspecified atom stereocenters. The Hall–Kier alpha value is -1.23. The van der Waals surface area contributed by atoms with Gasteiger partial charge in [0.25, 0.3) is 0 Å². The van der Waals surface area contributed by atoms with Crippen molar-refractivity contribution in [1.82, 2.24) is 4.90 Å². The lowest BCUT2D eigenvalue weighted by Crippen LogP contribution is -2.37. The van der Waals surface area contributed by atoms with Gasteiger partial charge in [0.1, 0.15) is 5.82 Å². The van der Waals surface area contributed by atoms with Gasteiger partial charge >= 0.3 is 0 Å². The van der Waals surface area contributed by atoms with E-state index in [1.54, 1.807) is 6.07 Å². The Kier molecular flexibility index (Phi) is 5.29. The van der Waals surface area contributed by atoms with Crippen LogP contribution in [0.3, 0.4) is 0 Å². The molecule has 1 fully saturated rings. The van der Waals surface area contributed by atoms with Gasteiger partial charge in [0, 0.05) is 23.7 Å². The summed E-state index contributed by atoms with van der Waals surface area (Å²) in [6.07, 6.45) is 4.58. The Labute approximate surface area is 123 Å². The molecule has 1 aliphatic rings. The van der Waals surface area contributed by atoms with Crippen LogP contribution in [0.5, 0.6) is 0 Å². The molecule has 1 atom stereocenters. The molecule has 0 spiro atoms. The third kappa shape index (κ3) is 3.88. The normalized spacial score (nSPS) is 17.6. The van der Waals surface area contributed by atoms with Crippen LogP contribution < -0.4 is 5.73 Å². The van der Waals surface area contributed by atoms with E-state index < -0.39 is 0 Å². The zero-order chi connectivity index (χ0) is 14.5. The average Bonchev–Trinajstić information content (AvgIpc) is 2.70. The topological polar surface area (TPSA) is 46.3 Å². The number of carbonyl (C=O) groups is 1. The maximum Gasteiger partial charge on any atom is 0.235 e. The third-order valence-corrected chi connectivity index (χ3v) is 4.72. The number of rotatable bonds is 3. The molecule has 2 N–H and O–H groups in total. The Morgan fingerprint density at radius 3 is 2.55 bits per heavy atom. The summed E-state index contributed by atoms with van der Waals surface area (Å²) in [5, 5.41) is -0.194. The van der Waals surface area contributed by atoms with Crippen molar-refractivity contribution in [2.75, 3.05) is 18.8 Å². The smallest absolute Gasteiger partial charge is 0.235 e. The first-order valence-electron chi connectivity index (χ1n) is 7.08. The Morgan fingerprint density at radius 1 is 1.30 bits per heavy atom. The molecule has 0 saturated carbocycles. The molecule has 0 aliphatic carbocycles. The van der Waals surface area contributed by atoms with Crippen LogP contribution in [0, 0.1) is 5.82 Å². The number of carbonyl (C=O) groups excluding carboxylic acids is 1. The first-order valence-corrected chi connectivity index (χ1v) is 7.96. The van der Waals surface area contributed by atoms with Crippen LogP contribution in [0.1, 0.15) is 32.6 Å². The van der Waals surface area contributed by atoms with E-state index in [2.05, 4.69) is 0 Å². The molecule has 1 saturated heterocycles. The van der Waals surface area contributed by atoms with E-state index in [1.807, 2.05) is 11.8 Å². The first kappa shape index (κ1) is 15.2. The van der Waals surface area contributed by atoms with Crippen molar-refractivity contribution in [3.63, 3.8) is 0 Å². The summed E-state index contributed by atoms with van der Waals surface area (Å²) in [7, 11) is 0. The molecule has 1 amide bonds. The van der Waals surface area contributed by atoms with Crippen molar-refractivity contribution in [1.29, 1.82) is 0 Å². The molecular formula is C15H21FN2OS. The number of hydrogen-bond donors (Lipinski definition) is 1. The number of anilines is 1. The summed E-state index contributed by atoms with van der Waals surface area (Å²) in [4.78, 5) is 15.1. The fourth-order valence-electron chi connectivity index (χ4n) is 2.42. The monoisotopic (exact) mass is 296 g/mol. The van der Waals surface area contributed by atoms with Crippen LogP contribution in [0.25, 0.3) is 0 Å². The number of nitrogen functional groups attached to an aromatic ring is 1. The first-order chi connectivity index (χ1) is 9.58. The van der Waals surface area contributed by atoms with Crippen LogP contribution in [0.15, 0.2) is 23.1 Å². The second-order valence-electron chi connectivity index (χ2n) is 5.18. The van der Waals surface area contributed by atoms with Gasteiger partial charge in [0.05, 0.1) is 5.25 Å². The van der Waals surface area contributed by atoms with Crippen molar-refractivity contribution in [2.24, 2.45) is 0 Å². The molecular weight excluding hydrogens is 275 g/mol. The number of halogens is 1. The van der Waals surface area contributed by atoms with Crippen molar-refractivity contribution >= 4 is 23.4 Å². The van der Waals surface area contributed by atoms with Gasteiger partial charge in [-0.3, -0.25) is 4.79 Å². The quantitative estimate of drug-likeness (QED) is 0.687. The molecule has 0 bridgehead atoms. The Balaban J connectivity index is 1.99. The minimum Gasteiger partial charge on any atom is -0.398 e. The summed E-state index contributed by atoms with van der Waals surface area (Å²) in [6, 6.07) is 4.31. The largest absolute Gasteiger partial charge is 0.398 e. The standard InChI is InChI=1S/C15H21FN2OS/c1-11(15(19)18-8-4-2-3-5-9-18)20-14-7-6-12(16)10-13(14)17/h6-7,10-11H,2-5,8-9,17H2,1H3. The number of nitrogens with two attached hydrogens (primary N) is 1. The molecule has 0 radical (unpaired) electrons. The zero-order valence-electron chi connectivity index (χ0n) is 11.8. The van der Waals surface area contributed by atoms with E-state index in [0.29, 0.717) is 5.69 Å². The van der Waals surface area contributed by atoms with Crippen molar-refractivity contribution in [2.45, 2.75) is 42.8 Å². The van der Waals surface area contributed by atoms with Crippen molar-refractivity contribution in [3.05, 3.63) is 24.0 Å². The molecule has 2 rings (SSSR count). The summed E-state index contributed by atoms with van der Waals surface area (Å²) in [5.74, 6) is -0.195. The minimum atomic E-state index is -0.349. The van der Waals surface area contributed by atoms with Gasteiger partial charge in [-0.25, -0.2) is 4.39 Å². The molecule has 1 aromatic rings. The van der Waals surface area contributed by atoms with E-state index in [9.17, 15) is 9.18 Å². The second-order valence-corrected chi connectivity index (χ2v) is 6.56. The van der Waals surface area contributed by atoms with Gasteiger partial charge < -0.3 is 10.6 Å². The number of likely N-dealkylation sites (tertiary alicyclic amines) is 1. The summed E-state index contributed by atoms with van der Waals surface area (Å²) in [5.41, 5.74) is 6.18. The molecule has 3 nitrogen and oxygen atoms in total. The lowest BCUT2D eigenvalue weighted by molar-refractivity contribution is -0.130. The highest BCUT2D eigenvalue weighted by molar-refractivity contribution is 8.00. The van der Waals surface area contributed by atoms with Gasteiger partial charge in [-0.1, -0.05) is 12.8 Å². The molecule has 110 valence electrons. The van der Waals surface area contributed by atoms with Crippen molar-refractivity contribution < 1.29 is 9.18 Å². The van der Waals surface area contributed by atoms with Crippen molar-refractivity contribution in [3.8, 4) is 0 Å². The molecule has 1 aliphatic heterocycles. The van der Waals surface area contributed by atoms with Crippen LogP contribution in [-0.2, 0) is 4.79 Å². The predicted molar refractivity (Wildman–Crippen MR) is 81.2 cm³/mol. The minimum absolute atomic E-state index is 0.153. The molecule has 0 aromatic heterocycles. The Morgan fingerprint density at radius 2 is 1.95 bits per heavy atom. The summed E-state index contributed by atoms with van der Waals surface area (Å²) in [6.45, 7) is 3.59. The molecule has 5 heteroatoms. The van der Waals surface area contributed by atoms with Crippen LogP contribution in [0.4, 0.5) is 10.1 Å². The van der Waals surface area contributed by atoms with E-state index in [-0.39, 0.29) is 17.0 Å². The highest BCUT2D eigenvalue weighted by Crippen LogP contribution is 2.30. The maximum atomic E-state index is 13.0. The second kappa shape index (κ2) is 6.97. The predicted octanol–water partition coefficient (Wildman–Crippen LogP) is 3.29. The fraction of sp³-hybridized carbons (Fsp3) is 0.533. The van der Waals surface area contributed by atoms with Gasteiger partial charge in [0.15, 0.2) is 0 Å². The van der Waals surface area contributed by atoms with E-state index in [0.717, 1.165) is 30.8 Å². The number of benzene rings is 1. The molecule has 1 heterocycles. The summed E-state index contributed by atoms with van der Waals surface area (Å²) >= 11 is 1.40. The lowest BCUT2D eigenvalue weighted by Gasteiger charge is -2.24. The van der Waals surface area contributed by atoms with Crippen LogP contribution >= 0.6 is 11.8 Å². The number of amides is 1. The maximum absolute atomic E-state index is 13.0. The SMILES string of the molecule is CC(Sc1ccc(F)cc1N)C(=O)N1CCCCCC1. The number of hydrogen-bond acceptors (Lipinski definition) is 3. The zero-order valence-corrected chi connectivity index (χ0v) is 12.6.